The first-order valence-electron chi connectivity index (χ1n) is 20.6. The molecule has 0 radical (unpaired) electrons. The number of alkyl carbamates (subject to hydrolysis) is 1. The summed E-state index contributed by atoms with van der Waals surface area (Å²) >= 11 is 0. The third kappa shape index (κ3) is 9.03. The molecular formula is C43H55N5O9S. The zero-order valence-electron chi connectivity index (χ0n) is 33.8. The van der Waals surface area contributed by atoms with Crippen LogP contribution < -0.4 is 24.8 Å². The maximum atomic E-state index is 15.1. The fourth-order valence-corrected chi connectivity index (χ4v) is 9.83. The Labute approximate surface area is 340 Å². The molecule has 2 saturated heterocycles. The van der Waals surface area contributed by atoms with Gasteiger partial charge in [-0.25, -0.2) is 18.2 Å². The largest absolute Gasteiger partial charge is 0.497 e. The molecule has 2 aromatic carbocycles. The Morgan fingerprint density at radius 3 is 2.34 bits per heavy atom. The molecule has 2 aliphatic heterocycles. The average molecular weight is 818 g/mol. The molecule has 3 N–H and O–H groups in total. The topological polar surface area (TPSA) is 182 Å². The molecular weight excluding hydrogens is 763 g/mol. The summed E-state index contributed by atoms with van der Waals surface area (Å²) in [7, 11) is -2.63. The normalized spacial score (nSPS) is 25.8. The first-order chi connectivity index (χ1) is 27.7. The lowest BCUT2D eigenvalue weighted by molar-refractivity contribution is -0.154. The molecule has 4 aliphatic rings. The van der Waals surface area contributed by atoms with Crippen LogP contribution in [0.25, 0.3) is 22.2 Å². The molecule has 4 fully saturated rings. The second-order valence-electron chi connectivity index (χ2n) is 17.2. The summed E-state index contributed by atoms with van der Waals surface area (Å²) in [5.41, 5.74) is -1.22. The standard InChI is InChI=1S/C43H55N5O9S/c1-42(2,3)57-41(52)46-33-19-12-7-5-6-9-16-28-22-34(28)45-39(50)43(40(51)47-58(53,54)31-17-13-18-31)25-30(26-48(43)38(33)49)56-37-24-35(27-14-10-8-11-15-27)44-36-23-29(55-4)20-21-32(36)37/h8,10-11,14-15,20-21,23-24,28,30-31,33-34H,5-7,9,12-13,16-19,22,25-26H2,1-4H3,(H,45,50)(H,46,52)(H,47,51). The summed E-state index contributed by atoms with van der Waals surface area (Å²) in [5, 5.41) is 5.61. The summed E-state index contributed by atoms with van der Waals surface area (Å²) in [6, 6.07) is 15.2. The highest BCUT2D eigenvalue weighted by Gasteiger charge is 2.62. The van der Waals surface area contributed by atoms with Gasteiger partial charge in [0.2, 0.25) is 21.5 Å². The van der Waals surface area contributed by atoms with Crippen LogP contribution in [0.5, 0.6) is 11.5 Å². The molecule has 58 heavy (non-hydrogen) atoms. The van der Waals surface area contributed by atoms with Gasteiger partial charge in [0.15, 0.2) is 0 Å². The maximum Gasteiger partial charge on any atom is 0.408 e. The summed E-state index contributed by atoms with van der Waals surface area (Å²) in [4.78, 5) is 64.1. The van der Waals surface area contributed by atoms with E-state index in [2.05, 4.69) is 15.4 Å². The number of fused-ring (bicyclic) bond motifs is 3. The lowest BCUT2D eigenvalue weighted by atomic mass is 9.91. The number of nitrogens with one attached hydrogen (secondary N) is 3. The van der Waals surface area contributed by atoms with Crippen LogP contribution in [-0.4, -0.2) is 90.3 Å². The minimum atomic E-state index is -4.19. The molecule has 7 rings (SSSR count). The SMILES string of the molecule is COc1ccc2c(OC3CN4C(=O)C(NC(=O)OC(C)(C)C)CCCCCCCC5CC5NC(=O)C4(C(=O)NS(=O)(=O)C4CCC4)C3)cc(-c3ccccc3)nc2c1. The Hall–Kier alpha value is -4.92. The van der Waals surface area contributed by atoms with E-state index in [0.29, 0.717) is 53.8 Å². The molecule has 1 aromatic heterocycles. The number of hydrogen-bond donors (Lipinski definition) is 3. The van der Waals surface area contributed by atoms with E-state index < -0.39 is 62.4 Å². The minimum Gasteiger partial charge on any atom is -0.497 e. The molecule has 0 bridgehead atoms. The fraction of sp³-hybridized carbons (Fsp3) is 0.558. The summed E-state index contributed by atoms with van der Waals surface area (Å²) in [6.07, 6.45) is 5.45. The van der Waals surface area contributed by atoms with Gasteiger partial charge in [0.05, 0.1) is 30.1 Å². The Morgan fingerprint density at radius 2 is 1.66 bits per heavy atom. The van der Waals surface area contributed by atoms with E-state index in [9.17, 15) is 22.8 Å². The number of carbonyl (C=O) groups excluding carboxylic acids is 4. The van der Waals surface area contributed by atoms with Crippen LogP contribution in [0, 0.1) is 5.92 Å². The Balaban J connectivity index is 1.32. The highest BCUT2D eigenvalue weighted by molar-refractivity contribution is 7.90. The summed E-state index contributed by atoms with van der Waals surface area (Å²) < 4.78 is 47.3. The lowest BCUT2D eigenvalue weighted by Crippen LogP contribution is -2.68. The van der Waals surface area contributed by atoms with Crippen molar-refractivity contribution in [1.82, 2.24) is 25.2 Å². The molecule has 3 aromatic rings. The van der Waals surface area contributed by atoms with E-state index in [4.69, 9.17) is 19.2 Å². The van der Waals surface area contributed by atoms with Gasteiger partial charge in [0.25, 0.3) is 11.8 Å². The number of carbonyl (C=O) groups is 4. The number of ether oxygens (including phenoxy) is 3. The van der Waals surface area contributed by atoms with Crippen LogP contribution in [0.3, 0.4) is 0 Å². The van der Waals surface area contributed by atoms with Crippen LogP contribution >= 0.6 is 0 Å². The molecule has 0 spiro atoms. The molecule has 15 heteroatoms. The first kappa shape index (κ1) is 41.2. The van der Waals surface area contributed by atoms with Crippen molar-refractivity contribution in [2.45, 2.75) is 132 Å². The van der Waals surface area contributed by atoms with Crippen molar-refractivity contribution in [3.63, 3.8) is 0 Å². The predicted molar refractivity (Wildman–Crippen MR) is 217 cm³/mol. The first-order valence-corrected chi connectivity index (χ1v) is 22.1. The van der Waals surface area contributed by atoms with Crippen molar-refractivity contribution in [1.29, 1.82) is 0 Å². The van der Waals surface area contributed by atoms with Gasteiger partial charge in [-0.15, -0.1) is 0 Å². The smallest absolute Gasteiger partial charge is 0.408 e. The third-order valence-electron chi connectivity index (χ3n) is 11.8. The van der Waals surface area contributed by atoms with E-state index in [1.807, 2.05) is 30.3 Å². The molecule has 312 valence electrons. The molecule has 14 nitrogen and oxygen atoms in total. The van der Waals surface area contributed by atoms with Crippen LogP contribution in [0.2, 0.25) is 0 Å². The van der Waals surface area contributed by atoms with E-state index in [1.54, 1.807) is 52.1 Å². The number of pyridine rings is 1. The van der Waals surface area contributed by atoms with Gasteiger partial charge in [-0.05, 0) is 70.9 Å². The molecule has 2 saturated carbocycles. The minimum absolute atomic E-state index is 0.211. The van der Waals surface area contributed by atoms with Gasteiger partial charge in [-0.3, -0.25) is 19.1 Å². The number of rotatable bonds is 8. The van der Waals surface area contributed by atoms with E-state index in [1.165, 1.54) is 0 Å². The molecule has 5 atom stereocenters. The molecule has 2 aliphatic carbocycles. The number of nitrogens with zero attached hydrogens (tertiary/aromatic N) is 2. The van der Waals surface area contributed by atoms with Crippen molar-refractivity contribution in [2.24, 2.45) is 5.92 Å². The van der Waals surface area contributed by atoms with Gasteiger partial charge in [0.1, 0.15) is 29.2 Å². The number of methoxy groups -OCH3 is 1. The van der Waals surface area contributed by atoms with E-state index in [-0.39, 0.29) is 31.3 Å². The van der Waals surface area contributed by atoms with E-state index in [0.717, 1.165) is 49.0 Å². The zero-order chi connectivity index (χ0) is 41.2. The zero-order valence-corrected chi connectivity index (χ0v) is 34.6. The molecule has 3 heterocycles. The van der Waals surface area contributed by atoms with Gasteiger partial charge < -0.3 is 29.7 Å². The van der Waals surface area contributed by atoms with Crippen molar-refractivity contribution in [3.8, 4) is 22.8 Å². The van der Waals surface area contributed by atoms with Crippen molar-refractivity contribution in [3.05, 3.63) is 54.6 Å². The van der Waals surface area contributed by atoms with Crippen LogP contribution in [0.1, 0.15) is 97.8 Å². The lowest BCUT2D eigenvalue weighted by Gasteiger charge is -2.38. The Bertz CT molecular complexity index is 2140. The van der Waals surface area contributed by atoms with Crippen molar-refractivity contribution in [2.75, 3.05) is 13.7 Å². The van der Waals surface area contributed by atoms with Crippen molar-refractivity contribution >= 4 is 44.7 Å². The van der Waals surface area contributed by atoms with Gasteiger partial charge >= 0.3 is 6.09 Å². The van der Waals surface area contributed by atoms with Gasteiger partial charge in [-0.2, -0.15) is 0 Å². The average Bonchev–Trinajstić information content (AvgIpc) is 3.76. The highest BCUT2D eigenvalue weighted by Crippen LogP contribution is 2.41. The summed E-state index contributed by atoms with van der Waals surface area (Å²) in [5.74, 6) is -1.43. The quantitative estimate of drug-likeness (QED) is 0.236. The number of amides is 4. The number of sulfonamides is 1. The van der Waals surface area contributed by atoms with Crippen LogP contribution in [0.15, 0.2) is 54.6 Å². The number of benzene rings is 2. The monoisotopic (exact) mass is 817 g/mol. The van der Waals surface area contributed by atoms with E-state index >= 15 is 4.79 Å². The van der Waals surface area contributed by atoms with Crippen molar-refractivity contribution < 1.29 is 41.8 Å². The Morgan fingerprint density at radius 1 is 0.931 bits per heavy atom. The summed E-state index contributed by atoms with van der Waals surface area (Å²) in [6.45, 7) is 4.87. The molecule has 4 amide bonds. The molecule has 5 unspecified atom stereocenters. The highest BCUT2D eigenvalue weighted by atomic mass is 32.2. The van der Waals surface area contributed by atoms with Crippen LogP contribution in [0.4, 0.5) is 4.79 Å². The third-order valence-corrected chi connectivity index (χ3v) is 13.6. The number of aromatic nitrogens is 1. The van der Waals surface area contributed by atoms with Crippen LogP contribution in [-0.2, 0) is 29.1 Å². The maximum absolute atomic E-state index is 15.1. The number of hydrogen-bond acceptors (Lipinski definition) is 10. The second kappa shape index (κ2) is 16.7. The van der Waals surface area contributed by atoms with Gasteiger partial charge in [-0.1, -0.05) is 68.9 Å². The fourth-order valence-electron chi connectivity index (χ4n) is 8.28. The predicted octanol–water partition coefficient (Wildman–Crippen LogP) is 5.77. The second-order valence-corrected chi connectivity index (χ2v) is 19.1. The Kier molecular flexibility index (Phi) is 11.9. The van der Waals surface area contributed by atoms with Gasteiger partial charge in [0, 0.05) is 35.5 Å².